The van der Waals surface area contributed by atoms with Crippen LogP contribution in [-0.4, -0.2) is 10.9 Å². The predicted octanol–water partition coefficient (Wildman–Crippen LogP) is 5.64. The maximum Gasteiger partial charge on any atom is 0.256 e. The topological polar surface area (TPSA) is 65.8 Å². The second kappa shape index (κ2) is 7.57. The molecule has 1 heterocycles. The van der Waals surface area contributed by atoms with E-state index in [1.807, 2.05) is 36.4 Å². The molecule has 0 atom stereocenters. The maximum atomic E-state index is 13.1. The zero-order valence-corrected chi connectivity index (χ0v) is 16.2. The van der Waals surface area contributed by atoms with Gasteiger partial charge in [-0.3, -0.25) is 4.79 Å². The lowest BCUT2D eigenvalue weighted by molar-refractivity contribution is 0.102. The largest absolute Gasteiger partial charge is 0.322 e. The number of fused-ring (bicyclic) bond motifs is 1. The van der Waals surface area contributed by atoms with Crippen LogP contribution >= 0.6 is 0 Å². The summed E-state index contributed by atoms with van der Waals surface area (Å²) in [4.78, 5) is 17.9. The van der Waals surface area contributed by atoms with E-state index in [9.17, 15) is 4.79 Å². The predicted molar refractivity (Wildman–Crippen MR) is 116 cm³/mol. The minimum atomic E-state index is -0.210. The Morgan fingerprint density at radius 2 is 1.69 bits per heavy atom. The van der Waals surface area contributed by atoms with Gasteiger partial charge in [-0.05, 0) is 67.4 Å². The van der Waals surface area contributed by atoms with Crippen molar-refractivity contribution in [3.63, 3.8) is 0 Å². The first kappa shape index (κ1) is 18.4. The second-order valence-corrected chi connectivity index (χ2v) is 7.01. The molecule has 0 fully saturated rings. The number of amides is 1. The van der Waals surface area contributed by atoms with Gasteiger partial charge in [0.2, 0.25) is 0 Å². The van der Waals surface area contributed by atoms with Crippen molar-refractivity contribution in [3.8, 4) is 17.3 Å². The van der Waals surface area contributed by atoms with E-state index in [0.717, 1.165) is 22.2 Å². The van der Waals surface area contributed by atoms with Gasteiger partial charge < -0.3 is 5.32 Å². The maximum absolute atomic E-state index is 13.1. The quantitative estimate of drug-likeness (QED) is 0.502. The van der Waals surface area contributed by atoms with Crippen molar-refractivity contribution >= 4 is 22.5 Å². The molecule has 140 valence electrons. The number of hydrogen-bond acceptors (Lipinski definition) is 3. The van der Waals surface area contributed by atoms with Crippen molar-refractivity contribution in [2.75, 3.05) is 5.32 Å². The summed E-state index contributed by atoms with van der Waals surface area (Å²) in [6.07, 6.45) is 0. The zero-order chi connectivity index (χ0) is 20.4. The molecule has 1 amide bonds. The van der Waals surface area contributed by atoms with Crippen molar-refractivity contribution in [1.82, 2.24) is 4.98 Å². The summed E-state index contributed by atoms with van der Waals surface area (Å²) in [5.74, 6) is -0.210. The van der Waals surface area contributed by atoms with Gasteiger partial charge in [0.15, 0.2) is 0 Å². The number of rotatable bonds is 3. The van der Waals surface area contributed by atoms with E-state index < -0.39 is 0 Å². The van der Waals surface area contributed by atoms with E-state index >= 15 is 0 Å². The smallest absolute Gasteiger partial charge is 0.256 e. The number of carbonyl (C=O) groups is 1. The fraction of sp³-hybridized carbons (Fsp3) is 0.0800. The Kier molecular flexibility index (Phi) is 4.80. The van der Waals surface area contributed by atoms with Crippen LogP contribution in [0.1, 0.15) is 27.0 Å². The number of aryl methyl sites for hydroxylation is 2. The first-order valence-electron chi connectivity index (χ1n) is 9.34. The summed E-state index contributed by atoms with van der Waals surface area (Å²) in [7, 11) is 0. The Hall–Kier alpha value is -3.97. The summed E-state index contributed by atoms with van der Waals surface area (Å²) in [5, 5.41) is 12.7. The number of para-hydroxylation sites is 1. The van der Waals surface area contributed by atoms with Crippen LogP contribution in [0.15, 0.2) is 72.8 Å². The monoisotopic (exact) mass is 377 g/mol. The molecule has 0 aliphatic rings. The molecule has 0 spiro atoms. The van der Waals surface area contributed by atoms with Gasteiger partial charge in [0, 0.05) is 16.6 Å². The van der Waals surface area contributed by atoms with Crippen LogP contribution in [0.2, 0.25) is 0 Å². The lowest BCUT2D eigenvalue weighted by Gasteiger charge is -2.11. The molecular formula is C25H19N3O. The normalized spacial score (nSPS) is 10.5. The van der Waals surface area contributed by atoms with Crippen LogP contribution in [0.4, 0.5) is 5.69 Å². The molecule has 0 radical (unpaired) electrons. The number of hydrogen-bond donors (Lipinski definition) is 1. The Morgan fingerprint density at radius 1 is 0.931 bits per heavy atom. The van der Waals surface area contributed by atoms with Gasteiger partial charge in [-0.15, -0.1) is 0 Å². The van der Waals surface area contributed by atoms with E-state index in [-0.39, 0.29) is 5.91 Å². The molecule has 0 saturated carbocycles. The molecule has 4 heteroatoms. The van der Waals surface area contributed by atoms with Gasteiger partial charge in [0.25, 0.3) is 5.91 Å². The van der Waals surface area contributed by atoms with Gasteiger partial charge in [0.05, 0.1) is 28.4 Å². The highest BCUT2D eigenvalue weighted by atomic mass is 16.1. The van der Waals surface area contributed by atoms with Crippen molar-refractivity contribution in [2.45, 2.75) is 13.8 Å². The van der Waals surface area contributed by atoms with Gasteiger partial charge in [-0.25, -0.2) is 4.98 Å². The van der Waals surface area contributed by atoms with Gasteiger partial charge in [0.1, 0.15) is 0 Å². The summed E-state index contributed by atoms with van der Waals surface area (Å²) >= 11 is 0. The number of nitrogens with zero attached hydrogens (tertiary/aromatic N) is 2. The van der Waals surface area contributed by atoms with Gasteiger partial charge >= 0.3 is 0 Å². The molecule has 4 aromatic rings. The van der Waals surface area contributed by atoms with Crippen LogP contribution < -0.4 is 5.32 Å². The summed E-state index contributed by atoms with van der Waals surface area (Å²) in [6.45, 7) is 4.14. The number of pyridine rings is 1. The van der Waals surface area contributed by atoms with Gasteiger partial charge in [-0.1, -0.05) is 30.3 Å². The average Bonchev–Trinajstić information content (AvgIpc) is 2.75. The highest BCUT2D eigenvalue weighted by Gasteiger charge is 2.14. The number of aromatic nitrogens is 1. The molecular weight excluding hydrogens is 358 g/mol. The molecule has 0 bridgehead atoms. The first-order valence-corrected chi connectivity index (χ1v) is 9.34. The van der Waals surface area contributed by atoms with Crippen LogP contribution in [0, 0.1) is 25.2 Å². The lowest BCUT2D eigenvalue weighted by Crippen LogP contribution is -2.13. The van der Waals surface area contributed by atoms with Crippen LogP contribution in [0.5, 0.6) is 0 Å². The minimum absolute atomic E-state index is 0.210. The second-order valence-electron chi connectivity index (χ2n) is 7.01. The van der Waals surface area contributed by atoms with Crippen molar-refractivity contribution in [2.24, 2.45) is 0 Å². The molecule has 29 heavy (non-hydrogen) atoms. The molecule has 0 aliphatic heterocycles. The molecule has 4 nitrogen and oxygen atoms in total. The highest BCUT2D eigenvalue weighted by Crippen LogP contribution is 2.27. The Morgan fingerprint density at radius 3 is 2.41 bits per heavy atom. The third-order valence-electron chi connectivity index (χ3n) is 5.04. The molecule has 1 aromatic heterocycles. The fourth-order valence-corrected chi connectivity index (χ4v) is 3.24. The van der Waals surface area contributed by atoms with E-state index in [1.165, 1.54) is 11.1 Å². The molecule has 0 saturated heterocycles. The molecule has 3 aromatic carbocycles. The first-order chi connectivity index (χ1) is 14.0. The summed E-state index contributed by atoms with van der Waals surface area (Å²) in [5.41, 5.74) is 6.66. The Bertz CT molecular complexity index is 1270. The third kappa shape index (κ3) is 3.71. The van der Waals surface area contributed by atoms with Crippen molar-refractivity contribution in [1.29, 1.82) is 5.26 Å². The number of nitriles is 1. The van der Waals surface area contributed by atoms with Crippen molar-refractivity contribution < 1.29 is 4.79 Å². The van der Waals surface area contributed by atoms with E-state index in [2.05, 4.69) is 37.4 Å². The highest BCUT2D eigenvalue weighted by molar-refractivity contribution is 6.13. The molecule has 1 N–H and O–H groups in total. The number of benzene rings is 3. The molecule has 0 aliphatic carbocycles. The SMILES string of the molecule is Cc1ccc(-c2cc(C(=O)Nc3ccc(C#N)cc3)c3ccccc3n2)cc1C. The molecule has 4 rings (SSSR count). The summed E-state index contributed by atoms with van der Waals surface area (Å²) in [6, 6.07) is 24.6. The van der Waals surface area contributed by atoms with Crippen LogP contribution in [0.25, 0.3) is 22.2 Å². The number of carbonyl (C=O) groups excluding carboxylic acids is 1. The van der Waals surface area contributed by atoms with E-state index in [1.54, 1.807) is 24.3 Å². The van der Waals surface area contributed by atoms with Gasteiger partial charge in [-0.2, -0.15) is 5.26 Å². The van der Waals surface area contributed by atoms with Crippen LogP contribution in [0.3, 0.4) is 0 Å². The van der Waals surface area contributed by atoms with Crippen LogP contribution in [-0.2, 0) is 0 Å². The number of anilines is 1. The zero-order valence-electron chi connectivity index (χ0n) is 16.2. The van der Waals surface area contributed by atoms with Crippen molar-refractivity contribution in [3.05, 3.63) is 95.1 Å². The fourth-order valence-electron chi connectivity index (χ4n) is 3.24. The minimum Gasteiger partial charge on any atom is -0.322 e. The summed E-state index contributed by atoms with van der Waals surface area (Å²) < 4.78 is 0. The standard InChI is InChI=1S/C25H19N3O/c1-16-7-10-19(13-17(16)2)24-14-22(21-5-3-4-6-23(21)28-24)25(29)27-20-11-8-18(15-26)9-12-20/h3-14H,1-2H3,(H,27,29). The Balaban J connectivity index is 1.78. The average molecular weight is 377 g/mol. The van der Waals surface area contributed by atoms with E-state index in [4.69, 9.17) is 10.2 Å². The van der Waals surface area contributed by atoms with E-state index in [0.29, 0.717) is 16.8 Å². The number of nitrogens with one attached hydrogen (secondary N) is 1. The lowest BCUT2D eigenvalue weighted by atomic mass is 10.0. The third-order valence-corrected chi connectivity index (χ3v) is 5.04. The Labute approximate surface area is 169 Å². The molecule has 0 unspecified atom stereocenters.